The number of thiazole rings is 2. The van der Waals surface area contributed by atoms with Crippen molar-refractivity contribution in [1.82, 2.24) is 15.4 Å². The monoisotopic (exact) mass is 294 g/mol. The first-order chi connectivity index (χ1) is 8.41. The van der Waals surface area contributed by atoms with E-state index in [1.807, 2.05) is 6.92 Å². The lowest BCUT2D eigenvalue weighted by Crippen LogP contribution is -2.28. The molecule has 98 valence electrons. The molecule has 0 bridgehead atoms. The number of rotatable bonds is 3. The highest BCUT2D eigenvalue weighted by Crippen LogP contribution is 2.35. The lowest BCUT2D eigenvalue weighted by molar-refractivity contribution is -0.137. The highest BCUT2D eigenvalue weighted by Gasteiger charge is 2.35. The first-order valence-electron chi connectivity index (χ1n) is 4.83. The van der Waals surface area contributed by atoms with E-state index in [-0.39, 0.29) is 0 Å². The Bertz CT molecular complexity index is 534. The van der Waals surface area contributed by atoms with E-state index in [0.29, 0.717) is 21.9 Å². The van der Waals surface area contributed by atoms with Gasteiger partial charge in [-0.05, 0) is 6.92 Å². The Labute approximate surface area is 109 Å². The van der Waals surface area contributed by atoms with E-state index in [1.54, 1.807) is 5.38 Å². The molecule has 0 fully saturated rings. The summed E-state index contributed by atoms with van der Waals surface area (Å²) in [7, 11) is 0. The number of aromatic nitrogens is 2. The van der Waals surface area contributed by atoms with Crippen LogP contribution in [0, 0.1) is 6.92 Å². The Morgan fingerprint density at radius 2 is 2.17 bits per heavy atom. The van der Waals surface area contributed by atoms with Gasteiger partial charge in [0, 0.05) is 16.5 Å². The van der Waals surface area contributed by atoms with Crippen molar-refractivity contribution in [2.24, 2.45) is 5.84 Å². The predicted octanol–water partition coefficient (Wildman–Crippen LogP) is 2.48. The first kappa shape index (κ1) is 13.4. The molecular weight excluding hydrogens is 285 g/mol. The molecule has 0 spiro atoms. The van der Waals surface area contributed by atoms with Crippen molar-refractivity contribution in [3.63, 3.8) is 0 Å². The average Bonchev–Trinajstić information content (AvgIpc) is 2.88. The molecule has 3 N–H and O–H groups in total. The van der Waals surface area contributed by atoms with Crippen LogP contribution < -0.4 is 11.3 Å². The van der Waals surface area contributed by atoms with Gasteiger partial charge in [-0.1, -0.05) is 0 Å². The number of nitrogens with zero attached hydrogens (tertiary/aromatic N) is 2. The summed E-state index contributed by atoms with van der Waals surface area (Å²) in [5.41, 5.74) is 3.05. The SMILES string of the molecule is Cc1nc(C(NN)c2cnc(C(F)(F)F)s2)cs1. The van der Waals surface area contributed by atoms with Crippen molar-refractivity contribution in [1.29, 1.82) is 0 Å². The number of nitrogens with one attached hydrogen (secondary N) is 1. The quantitative estimate of drug-likeness (QED) is 0.674. The number of nitrogens with two attached hydrogens (primary N) is 1. The highest BCUT2D eigenvalue weighted by molar-refractivity contribution is 7.12. The van der Waals surface area contributed by atoms with Crippen LogP contribution in [0.15, 0.2) is 11.6 Å². The van der Waals surface area contributed by atoms with Crippen LogP contribution in [-0.2, 0) is 6.18 Å². The molecular formula is C9H9F3N4S2. The van der Waals surface area contributed by atoms with Crippen LogP contribution in [-0.4, -0.2) is 9.97 Å². The van der Waals surface area contributed by atoms with Crippen LogP contribution in [0.25, 0.3) is 0 Å². The third-order valence-corrected chi connectivity index (χ3v) is 4.05. The number of hydrogen-bond donors (Lipinski definition) is 2. The van der Waals surface area contributed by atoms with E-state index < -0.39 is 17.2 Å². The topological polar surface area (TPSA) is 63.8 Å². The number of hydrazine groups is 1. The van der Waals surface area contributed by atoms with Crippen LogP contribution >= 0.6 is 22.7 Å². The summed E-state index contributed by atoms with van der Waals surface area (Å²) in [6, 6.07) is -0.566. The molecule has 0 aliphatic carbocycles. The normalized spacial score (nSPS) is 13.8. The number of hydrogen-bond acceptors (Lipinski definition) is 6. The Balaban J connectivity index is 2.31. The second kappa shape index (κ2) is 4.92. The minimum Gasteiger partial charge on any atom is -0.270 e. The van der Waals surface area contributed by atoms with Crippen LogP contribution in [0.3, 0.4) is 0 Å². The molecule has 2 rings (SSSR count). The zero-order valence-electron chi connectivity index (χ0n) is 9.15. The molecule has 0 radical (unpaired) electrons. The molecule has 4 nitrogen and oxygen atoms in total. The van der Waals surface area contributed by atoms with Gasteiger partial charge >= 0.3 is 6.18 Å². The van der Waals surface area contributed by atoms with E-state index >= 15 is 0 Å². The number of halogens is 3. The summed E-state index contributed by atoms with van der Waals surface area (Å²) in [6.07, 6.45) is -3.26. The maximum Gasteiger partial charge on any atom is 0.443 e. The van der Waals surface area contributed by atoms with Crippen LogP contribution in [0.2, 0.25) is 0 Å². The van der Waals surface area contributed by atoms with Crippen molar-refractivity contribution >= 4 is 22.7 Å². The maximum atomic E-state index is 12.5. The fraction of sp³-hybridized carbons (Fsp3) is 0.333. The third-order valence-electron chi connectivity index (χ3n) is 2.15. The van der Waals surface area contributed by atoms with Crippen molar-refractivity contribution in [2.45, 2.75) is 19.1 Å². The summed E-state index contributed by atoms with van der Waals surface area (Å²) in [5, 5.41) is 1.70. The van der Waals surface area contributed by atoms with Crippen molar-refractivity contribution in [2.75, 3.05) is 0 Å². The van der Waals surface area contributed by atoms with E-state index in [2.05, 4.69) is 15.4 Å². The predicted molar refractivity (Wildman–Crippen MR) is 63.1 cm³/mol. The van der Waals surface area contributed by atoms with Gasteiger partial charge in [-0.25, -0.2) is 15.4 Å². The summed E-state index contributed by atoms with van der Waals surface area (Å²) < 4.78 is 37.4. The van der Waals surface area contributed by atoms with Gasteiger partial charge < -0.3 is 0 Å². The molecule has 2 heterocycles. The Hall–Kier alpha value is -1.03. The van der Waals surface area contributed by atoms with Crippen LogP contribution in [0.1, 0.15) is 26.6 Å². The molecule has 1 unspecified atom stereocenters. The summed E-state index contributed by atoms with van der Waals surface area (Å²) >= 11 is 1.97. The molecule has 0 saturated carbocycles. The van der Waals surface area contributed by atoms with E-state index in [4.69, 9.17) is 5.84 Å². The van der Waals surface area contributed by atoms with E-state index in [0.717, 1.165) is 5.01 Å². The van der Waals surface area contributed by atoms with E-state index in [9.17, 15) is 13.2 Å². The maximum absolute atomic E-state index is 12.5. The smallest absolute Gasteiger partial charge is 0.270 e. The van der Waals surface area contributed by atoms with Gasteiger partial charge in [0.1, 0.15) is 0 Å². The third kappa shape index (κ3) is 2.69. The van der Waals surface area contributed by atoms with Gasteiger partial charge in [0.05, 0.1) is 16.7 Å². The van der Waals surface area contributed by atoms with Crippen molar-refractivity contribution in [3.05, 3.63) is 32.2 Å². The fourth-order valence-electron chi connectivity index (χ4n) is 1.38. The molecule has 9 heteroatoms. The lowest BCUT2D eigenvalue weighted by Gasteiger charge is -2.10. The first-order valence-corrected chi connectivity index (χ1v) is 6.52. The summed E-state index contributed by atoms with van der Waals surface area (Å²) in [5.74, 6) is 5.38. The van der Waals surface area contributed by atoms with Crippen LogP contribution in [0.4, 0.5) is 13.2 Å². The molecule has 1 atom stereocenters. The Kier molecular flexibility index (Phi) is 3.66. The molecule has 0 aliphatic rings. The lowest BCUT2D eigenvalue weighted by atomic mass is 10.2. The zero-order valence-corrected chi connectivity index (χ0v) is 10.8. The zero-order chi connectivity index (χ0) is 13.3. The van der Waals surface area contributed by atoms with E-state index in [1.165, 1.54) is 17.5 Å². The average molecular weight is 294 g/mol. The van der Waals surface area contributed by atoms with Gasteiger partial charge in [-0.2, -0.15) is 13.2 Å². The molecule has 18 heavy (non-hydrogen) atoms. The van der Waals surface area contributed by atoms with Gasteiger partial charge in [0.25, 0.3) is 0 Å². The standard InChI is InChI=1S/C9H9F3N4S2/c1-4-15-5(3-17-4)7(16-13)6-2-14-8(18-6)9(10,11)12/h2-3,7,16H,13H2,1H3. The number of alkyl halides is 3. The molecule has 0 aliphatic heterocycles. The Morgan fingerprint density at radius 1 is 1.44 bits per heavy atom. The molecule has 2 aromatic rings. The minimum absolute atomic E-state index is 0.384. The minimum atomic E-state index is -4.43. The van der Waals surface area contributed by atoms with Gasteiger partial charge in [0.2, 0.25) is 0 Å². The largest absolute Gasteiger partial charge is 0.443 e. The molecule has 0 aromatic carbocycles. The highest BCUT2D eigenvalue weighted by atomic mass is 32.1. The van der Waals surface area contributed by atoms with Gasteiger partial charge in [-0.15, -0.1) is 22.7 Å². The molecule has 0 saturated heterocycles. The van der Waals surface area contributed by atoms with Crippen LogP contribution in [0.5, 0.6) is 0 Å². The summed E-state index contributed by atoms with van der Waals surface area (Å²) in [6.45, 7) is 1.82. The van der Waals surface area contributed by atoms with Crippen molar-refractivity contribution in [3.8, 4) is 0 Å². The fourth-order valence-corrected chi connectivity index (χ4v) is 2.87. The second-order valence-electron chi connectivity index (χ2n) is 3.46. The van der Waals surface area contributed by atoms with Gasteiger partial charge in [0.15, 0.2) is 5.01 Å². The molecule has 0 amide bonds. The molecule has 2 aromatic heterocycles. The van der Waals surface area contributed by atoms with Crippen molar-refractivity contribution < 1.29 is 13.2 Å². The second-order valence-corrected chi connectivity index (χ2v) is 5.58. The number of aryl methyl sites for hydroxylation is 1. The Morgan fingerprint density at radius 3 is 2.61 bits per heavy atom. The summed E-state index contributed by atoms with van der Waals surface area (Å²) in [4.78, 5) is 7.95. The van der Waals surface area contributed by atoms with Gasteiger partial charge in [-0.3, -0.25) is 5.84 Å².